The third-order valence-corrected chi connectivity index (χ3v) is 10.0. The Balaban J connectivity index is 1.39. The molecule has 0 saturated carbocycles. The maximum absolute atomic E-state index is 2.42. The lowest BCUT2D eigenvalue weighted by Gasteiger charge is -2.27. The summed E-state index contributed by atoms with van der Waals surface area (Å²) in [7, 11) is 0. The Bertz CT molecular complexity index is 2390. The zero-order valence-electron chi connectivity index (χ0n) is 25.5. The van der Waals surface area contributed by atoms with E-state index in [9.17, 15) is 0 Å². The Morgan fingerprint density at radius 3 is 1.44 bits per heavy atom. The van der Waals surface area contributed by atoms with Gasteiger partial charge in [-0.1, -0.05) is 172 Å². The van der Waals surface area contributed by atoms with Crippen molar-refractivity contribution in [3.05, 3.63) is 169 Å². The van der Waals surface area contributed by atoms with Gasteiger partial charge in [-0.05, 0) is 88.0 Å². The minimum Gasteiger partial charge on any atom is -0.0622 e. The van der Waals surface area contributed by atoms with Crippen LogP contribution in [0.5, 0.6) is 0 Å². The van der Waals surface area contributed by atoms with Crippen LogP contribution in [0.2, 0.25) is 0 Å². The maximum Gasteiger partial charge on any atom is 0.0171 e. The van der Waals surface area contributed by atoms with E-state index in [2.05, 4.69) is 172 Å². The third-order valence-electron chi connectivity index (χ3n) is 10.0. The van der Waals surface area contributed by atoms with E-state index in [1.807, 2.05) is 0 Å². The van der Waals surface area contributed by atoms with Crippen LogP contribution in [0, 0.1) is 0 Å². The molecule has 45 heavy (non-hydrogen) atoms. The summed E-state index contributed by atoms with van der Waals surface area (Å²) in [6.07, 6.45) is 0. The van der Waals surface area contributed by atoms with E-state index in [0.29, 0.717) is 0 Å². The van der Waals surface area contributed by atoms with E-state index in [-0.39, 0.29) is 5.41 Å². The van der Waals surface area contributed by atoms with Crippen LogP contribution in [-0.4, -0.2) is 0 Å². The first kappa shape index (κ1) is 26.0. The van der Waals surface area contributed by atoms with Crippen LogP contribution in [0.1, 0.15) is 25.0 Å². The number of hydrogen-bond acceptors (Lipinski definition) is 0. The average Bonchev–Trinajstić information content (AvgIpc) is 3.34. The molecule has 0 amide bonds. The maximum atomic E-state index is 2.42. The molecule has 0 nitrogen and oxygen atoms in total. The van der Waals surface area contributed by atoms with E-state index in [1.54, 1.807) is 0 Å². The fraction of sp³-hybridized carbons (Fsp3) is 0.0667. The molecule has 0 fully saturated rings. The molecule has 0 unspecified atom stereocenters. The normalized spacial score (nSPS) is 13.3. The number of hydrogen-bond donors (Lipinski definition) is 0. The van der Waals surface area contributed by atoms with Gasteiger partial charge in [-0.15, -0.1) is 0 Å². The quantitative estimate of drug-likeness (QED) is 0.185. The van der Waals surface area contributed by atoms with Gasteiger partial charge in [0.2, 0.25) is 0 Å². The Hall–Kier alpha value is -5.46. The average molecular weight is 573 g/mol. The highest BCUT2D eigenvalue weighted by atomic mass is 14.4. The molecule has 0 heteroatoms. The second kappa shape index (κ2) is 9.78. The molecule has 0 spiro atoms. The van der Waals surface area contributed by atoms with Gasteiger partial charge in [-0.3, -0.25) is 0 Å². The summed E-state index contributed by atoms with van der Waals surface area (Å²) in [6.45, 7) is 4.84. The summed E-state index contributed by atoms with van der Waals surface area (Å²) >= 11 is 0. The van der Waals surface area contributed by atoms with Crippen molar-refractivity contribution in [3.8, 4) is 44.5 Å². The van der Waals surface area contributed by atoms with E-state index in [4.69, 9.17) is 0 Å². The molecule has 1 aliphatic rings. The van der Waals surface area contributed by atoms with Gasteiger partial charge in [0, 0.05) is 5.41 Å². The van der Waals surface area contributed by atoms with Gasteiger partial charge in [-0.25, -0.2) is 0 Å². The Kier molecular flexibility index (Phi) is 5.64. The highest BCUT2D eigenvalue weighted by Gasteiger charge is 2.39. The van der Waals surface area contributed by atoms with Gasteiger partial charge in [0.1, 0.15) is 0 Å². The molecule has 9 rings (SSSR count). The van der Waals surface area contributed by atoms with Crippen molar-refractivity contribution in [1.82, 2.24) is 0 Å². The van der Waals surface area contributed by atoms with Gasteiger partial charge in [0.05, 0.1) is 0 Å². The summed E-state index contributed by atoms with van der Waals surface area (Å²) in [5.41, 5.74) is 13.1. The Morgan fingerprint density at radius 2 is 0.778 bits per heavy atom. The molecule has 212 valence electrons. The van der Waals surface area contributed by atoms with Crippen molar-refractivity contribution in [2.24, 2.45) is 0 Å². The summed E-state index contributed by atoms with van der Waals surface area (Å²) in [6, 6.07) is 58.2. The molecule has 0 atom stereocenters. The second-order valence-corrected chi connectivity index (χ2v) is 12.8. The standard InChI is InChI=1S/C45H32/c1-45(2)43-32-19-7-6-17-30(32)27-28-39(43)38-25-14-26-40(44(38)45)42-36-23-12-10-21-34(36)41(35-22-11-13-24-37(35)42)33-20-9-8-18-31(33)29-15-4-3-5-16-29/h3-28H,1-2H3. The predicted octanol–water partition coefficient (Wildman–Crippen LogP) is 12.5. The van der Waals surface area contributed by atoms with Crippen LogP contribution in [0.4, 0.5) is 0 Å². The molecule has 0 saturated heterocycles. The van der Waals surface area contributed by atoms with E-state index in [1.165, 1.54) is 88.0 Å². The SMILES string of the molecule is CC1(C)c2c(cccc2-c2c3ccccc3c(-c3ccccc3-c3ccccc3)c3ccccc23)-c2ccc3ccccc3c21. The number of fused-ring (bicyclic) bond motifs is 7. The zero-order valence-corrected chi connectivity index (χ0v) is 25.5. The van der Waals surface area contributed by atoms with Crippen molar-refractivity contribution in [2.75, 3.05) is 0 Å². The number of benzene rings is 8. The van der Waals surface area contributed by atoms with Crippen molar-refractivity contribution >= 4 is 32.3 Å². The molecular weight excluding hydrogens is 540 g/mol. The van der Waals surface area contributed by atoms with Crippen LogP contribution in [0.3, 0.4) is 0 Å². The topological polar surface area (TPSA) is 0 Å². The summed E-state index contributed by atoms with van der Waals surface area (Å²) in [4.78, 5) is 0. The van der Waals surface area contributed by atoms with Gasteiger partial charge in [0.15, 0.2) is 0 Å². The summed E-state index contributed by atoms with van der Waals surface area (Å²) < 4.78 is 0. The van der Waals surface area contributed by atoms with Gasteiger partial charge in [0.25, 0.3) is 0 Å². The van der Waals surface area contributed by atoms with Gasteiger partial charge >= 0.3 is 0 Å². The molecule has 1 aliphatic carbocycles. The molecule has 8 aromatic carbocycles. The molecule has 0 N–H and O–H groups in total. The molecule has 0 aliphatic heterocycles. The van der Waals surface area contributed by atoms with Crippen molar-refractivity contribution in [1.29, 1.82) is 0 Å². The van der Waals surface area contributed by atoms with E-state index < -0.39 is 0 Å². The first-order chi connectivity index (χ1) is 22.1. The van der Waals surface area contributed by atoms with Crippen LogP contribution in [-0.2, 0) is 5.41 Å². The van der Waals surface area contributed by atoms with Crippen LogP contribution < -0.4 is 0 Å². The van der Waals surface area contributed by atoms with Crippen molar-refractivity contribution < 1.29 is 0 Å². The van der Waals surface area contributed by atoms with Crippen molar-refractivity contribution in [2.45, 2.75) is 19.3 Å². The van der Waals surface area contributed by atoms with Crippen LogP contribution in [0.25, 0.3) is 76.8 Å². The fourth-order valence-electron chi connectivity index (χ4n) is 8.23. The van der Waals surface area contributed by atoms with Crippen LogP contribution >= 0.6 is 0 Å². The minimum atomic E-state index is -0.164. The lowest BCUT2D eigenvalue weighted by Crippen LogP contribution is -2.17. The largest absolute Gasteiger partial charge is 0.0622 e. The van der Waals surface area contributed by atoms with E-state index >= 15 is 0 Å². The van der Waals surface area contributed by atoms with Gasteiger partial charge < -0.3 is 0 Å². The lowest BCUT2D eigenvalue weighted by molar-refractivity contribution is 0.668. The molecule has 0 bridgehead atoms. The minimum absolute atomic E-state index is 0.164. The predicted molar refractivity (Wildman–Crippen MR) is 193 cm³/mol. The summed E-state index contributed by atoms with van der Waals surface area (Å²) in [5, 5.41) is 7.80. The molecule has 0 aromatic heterocycles. The highest BCUT2D eigenvalue weighted by Crippen LogP contribution is 2.56. The number of rotatable bonds is 3. The van der Waals surface area contributed by atoms with Crippen molar-refractivity contribution in [3.63, 3.8) is 0 Å². The summed E-state index contributed by atoms with van der Waals surface area (Å²) in [5.74, 6) is 0. The molecular formula is C45H32. The van der Waals surface area contributed by atoms with Crippen LogP contribution in [0.15, 0.2) is 158 Å². The zero-order chi connectivity index (χ0) is 30.1. The molecule has 0 heterocycles. The monoisotopic (exact) mass is 572 g/mol. The fourth-order valence-corrected chi connectivity index (χ4v) is 8.23. The molecule has 8 aromatic rings. The first-order valence-corrected chi connectivity index (χ1v) is 15.9. The Morgan fingerprint density at radius 1 is 0.311 bits per heavy atom. The second-order valence-electron chi connectivity index (χ2n) is 12.8. The Labute approximate surface area is 264 Å². The smallest absolute Gasteiger partial charge is 0.0171 e. The molecule has 0 radical (unpaired) electrons. The lowest BCUT2D eigenvalue weighted by atomic mass is 9.75. The first-order valence-electron chi connectivity index (χ1n) is 15.9. The van der Waals surface area contributed by atoms with E-state index in [0.717, 1.165) is 0 Å². The third kappa shape index (κ3) is 3.72. The van der Waals surface area contributed by atoms with Gasteiger partial charge in [-0.2, -0.15) is 0 Å². The highest BCUT2D eigenvalue weighted by molar-refractivity contribution is 6.23.